The largest absolute Gasteiger partial charge is 0.447 e. The Hall–Kier alpha value is -2.74. The average Bonchev–Trinajstić information content (AvgIpc) is 2.98. The molecule has 0 unspecified atom stereocenters. The van der Waals surface area contributed by atoms with Gasteiger partial charge in [-0.1, -0.05) is 30.3 Å². The van der Waals surface area contributed by atoms with Gasteiger partial charge in [-0.25, -0.2) is 9.78 Å². The van der Waals surface area contributed by atoms with Gasteiger partial charge in [0, 0.05) is 18.0 Å². The molecule has 1 atom stereocenters. The molecular formula is C16H17N3O4S. The van der Waals surface area contributed by atoms with Crippen molar-refractivity contribution in [3.63, 3.8) is 0 Å². The molecule has 3 amide bonds. The van der Waals surface area contributed by atoms with E-state index in [1.54, 1.807) is 35.7 Å². The summed E-state index contributed by atoms with van der Waals surface area (Å²) in [6.07, 6.45) is -1.25. The fourth-order valence-electron chi connectivity index (χ4n) is 1.95. The minimum Gasteiger partial charge on any atom is -0.447 e. The molecule has 126 valence electrons. The third-order valence-corrected chi connectivity index (χ3v) is 3.87. The molecule has 0 bridgehead atoms. The highest BCUT2D eigenvalue weighted by atomic mass is 32.1. The van der Waals surface area contributed by atoms with Crippen molar-refractivity contribution in [3.05, 3.63) is 52.0 Å². The van der Waals surface area contributed by atoms with Crippen LogP contribution in [0.2, 0.25) is 0 Å². The number of benzene rings is 1. The number of hydrogen-bond donors (Lipinski definition) is 2. The second kappa shape index (κ2) is 8.21. The lowest BCUT2D eigenvalue weighted by molar-refractivity contribution is -0.155. The Morgan fingerprint density at radius 1 is 1.25 bits per heavy atom. The smallest absolute Gasteiger partial charge is 0.321 e. The van der Waals surface area contributed by atoms with Gasteiger partial charge >= 0.3 is 12.0 Å². The maximum Gasteiger partial charge on any atom is 0.321 e. The SMILES string of the molecule is CNC(=O)NC(=O)[C@@H](OC(=O)Cc1csc(C)n1)c1ccccc1. The Kier molecular flexibility index (Phi) is 6.02. The number of carbonyl (C=O) groups excluding carboxylic acids is 3. The van der Waals surface area contributed by atoms with Crippen LogP contribution in [0.15, 0.2) is 35.7 Å². The van der Waals surface area contributed by atoms with Crippen LogP contribution in [-0.4, -0.2) is 29.9 Å². The van der Waals surface area contributed by atoms with Crippen LogP contribution in [0.25, 0.3) is 0 Å². The lowest BCUT2D eigenvalue weighted by atomic mass is 10.1. The van der Waals surface area contributed by atoms with Crippen LogP contribution in [0.3, 0.4) is 0 Å². The number of esters is 1. The van der Waals surface area contributed by atoms with Crippen LogP contribution in [0.1, 0.15) is 22.4 Å². The molecule has 1 aromatic carbocycles. The lowest BCUT2D eigenvalue weighted by Crippen LogP contribution is -2.41. The van der Waals surface area contributed by atoms with Gasteiger partial charge in [-0.05, 0) is 6.92 Å². The number of nitrogens with zero attached hydrogens (tertiary/aromatic N) is 1. The summed E-state index contributed by atoms with van der Waals surface area (Å²) < 4.78 is 5.29. The highest BCUT2D eigenvalue weighted by molar-refractivity contribution is 7.09. The molecule has 1 aromatic heterocycles. The van der Waals surface area contributed by atoms with E-state index in [2.05, 4.69) is 15.6 Å². The normalized spacial score (nSPS) is 11.4. The molecule has 2 aromatic rings. The van der Waals surface area contributed by atoms with E-state index in [4.69, 9.17) is 4.74 Å². The summed E-state index contributed by atoms with van der Waals surface area (Å²) in [5.74, 6) is -1.32. The van der Waals surface area contributed by atoms with Crippen LogP contribution in [0.5, 0.6) is 0 Å². The molecule has 0 radical (unpaired) electrons. The first kappa shape index (κ1) is 17.6. The molecule has 0 aliphatic rings. The molecule has 0 spiro atoms. The molecule has 8 heteroatoms. The summed E-state index contributed by atoms with van der Waals surface area (Å²) in [6, 6.07) is 7.83. The number of ether oxygens (including phenoxy) is 1. The minimum absolute atomic E-state index is 0.0407. The fourth-order valence-corrected chi connectivity index (χ4v) is 2.56. The van der Waals surface area contributed by atoms with E-state index in [1.165, 1.54) is 18.4 Å². The lowest BCUT2D eigenvalue weighted by Gasteiger charge is -2.17. The van der Waals surface area contributed by atoms with Gasteiger partial charge in [-0.2, -0.15) is 0 Å². The number of aryl methyl sites for hydroxylation is 1. The number of amides is 3. The first-order chi connectivity index (χ1) is 11.5. The molecule has 0 aliphatic carbocycles. The highest BCUT2D eigenvalue weighted by Crippen LogP contribution is 2.19. The van der Waals surface area contributed by atoms with Gasteiger partial charge in [0.2, 0.25) is 6.10 Å². The number of urea groups is 1. The molecule has 0 saturated carbocycles. The summed E-state index contributed by atoms with van der Waals surface area (Å²) >= 11 is 1.43. The molecule has 2 N–H and O–H groups in total. The number of nitrogens with one attached hydrogen (secondary N) is 2. The predicted molar refractivity (Wildman–Crippen MR) is 88.4 cm³/mol. The standard InChI is InChI=1S/C16H17N3O4S/c1-10-18-12(9-24-10)8-13(20)23-14(11-6-4-3-5-7-11)15(21)19-16(22)17-2/h3-7,9,14H,8H2,1-2H3,(H2,17,19,21,22)/t14-/m0/s1. The maximum absolute atomic E-state index is 12.2. The summed E-state index contributed by atoms with van der Waals surface area (Å²) in [4.78, 5) is 39.9. The Bertz CT molecular complexity index is 730. The van der Waals surface area contributed by atoms with Gasteiger partial charge in [0.25, 0.3) is 5.91 Å². The van der Waals surface area contributed by atoms with E-state index in [-0.39, 0.29) is 6.42 Å². The quantitative estimate of drug-likeness (QED) is 0.803. The van der Waals surface area contributed by atoms with Crippen LogP contribution in [0, 0.1) is 6.92 Å². The summed E-state index contributed by atoms with van der Waals surface area (Å²) in [5, 5.41) is 7.00. The van der Waals surface area contributed by atoms with Crippen LogP contribution >= 0.6 is 11.3 Å². The summed E-state index contributed by atoms with van der Waals surface area (Å²) in [7, 11) is 1.39. The monoisotopic (exact) mass is 347 g/mol. The van der Waals surface area contributed by atoms with E-state index in [0.717, 1.165) is 5.01 Å². The van der Waals surface area contributed by atoms with E-state index in [0.29, 0.717) is 11.3 Å². The van der Waals surface area contributed by atoms with Gasteiger partial charge in [-0.3, -0.25) is 14.9 Å². The third-order valence-electron chi connectivity index (χ3n) is 3.05. The van der Waals surface area contributed by atoms with E-state index < -0.39 is 24.0 Å². The Labute approximate surface area is 143 Å². The van der Waals surface area contributed by atoms with Crippen LogP contribution < -0.4 is 10.6 Å². The van der Waals surface area contributed by atoms with Gasteiger partial charge in [-0.15, -0.1) is 11.3 Å². The van der Waals surface area contributed by atoms with E-state index in [1.807, 2.05) is 6.92 Å². The fraction of sp³-hybridized carbons (Fsp3) is 0.250. The summed E-state index contributed by atoms with van der Waals surface area (Å²) in [6.45, 7) is 1.84. The zero-order valence-electron chi connectivity index (χ0n) is 13.2. The molecule has 0 fully saturated rings. The van der Waals surface area contributed by atoms with Crippen LogP contribution in [0.4, 0.5) is 4.79 Å². The number of thiazole rings is 1. The molecular weight excluding hydrogens is 330 g/mol. The molecule has 2 rings (SSSR count). The van der Waals surface area contributed by atoms with Gasteiger partial charge in [0.1, 0.15) is 0 Å². The maximum atomic E-state index is 12.2. The molecule has 24 heavy (non-hydrogen) atoms. The van der Waals surface area contributed by atoms with E-state index >= 15 is 0 Å². The first-order valence-electron chi connectivity index (χ1n) is 7.17. The Balaban J connectivity index is 2.12. The van der Waals surface area contributed by atoms with Crippen molar-refractivity contribution < 1.29 is 19.1 Å². The van der Waals surface area contributed by atoms with Crippen molar-refractivity contribution in [2.24, 2.45) is 0 Å². The minimum atomic E-state index is -1.21. The number of hydrogen-bond acceptors (Lipinski definition) is 6. The Morgan fingerprint density at radius 2 is 1.96 bits per heavy atom. The molecule has 0 saturated heterocycles. The zero-order chi connectivity index (χ0) is 17.5. The second-order valence-electron chi connectivity index (χ2n) is 4.88. The van der Waals surface area contributed by atoms with Gasteiger partial charge < -0.3 is 10.1 Å². The van der Waals surface area contributed by atoms with Crippen LogP contribution in [-0.2, 0) is 20.7 Å². The number of imide groups is 1. The summed E-state index contributed by atoms with van der Waals surface area (Å²) in [5.41, 5.74) is 1.06. The number of rotatable bonds is 5. The zero-order valence-corrected chi connectivity index (χ0v) is 14.1. The van der Waals surface area contributed by atoms with Gasteiger partial charge in [0.05, 0.1) is 17.1 Å². The van der Waals surface area contributed by atoms with Crippen molar-refractivity contribution in [1.29, 1.82) is 0 Å². The molecule has 0 aliphatic heterocycles. The van der Waals surface area contributed by atoms with Gasteiger partial charge in [0.15, 0.2) is 0 Å². The second-order valence-corrected chi connectivity index (χ2v) is 5.95. The van der Waals surface area contributed by atoms with E-state index in [9.17, 15) is 14.4 Å². The van der Waals surface area contributed by atoms with Crippen molar-refractivity contribution >= 4 is 29.2 Å². The average molecular weight is 347 g/mol. The first-order valence-corrected chi connectivity index (χ1v) is 8.05. The number of carbonyl (C=O) groups is 3. The van der Waals surface area contributed by atoms with Crippen molar-refractivity contribution in [3.8, 4) is 0 Å². The number of aromatic nitrogens is 1. The van der Waals surface area contributed by atoms with Crippen molar-refractivity contribution in [2.75, 3.05) is 7.05 Å². The van der Waals surface area contributed by atoms with Crippen molar-refractivity contribution in [2.45, 2.75) is 19.4 Å². The topological polar surface area (TPSA) is 97.4 Å². The van der Waals surface area contributed by atoms with Crippen molar-refractivity contribution in [1.82, 2.24) is 15.6 Å². The molecule has 1 heterocycles. The highest BCUT2D eigenvalue weighted by Gasteiger charge is 2.26. The molecule has 7 nitrogen and oxygen atoms in total. The predicted octanol–water partition coefficient (Wildman–Crippen LogP) is 1.73. The Morgan fingerprint density at radius 3 is 2.54 bits per heavy atom. The third kappa shape index (κ3) is 4.88.